The standard InChI is InChI=1S/C10H9BrN2O/c1-13-5-4-9(12-13)8-3-2-7(11)6-10(8)14/h2-6,14H,1H3. The molecule has 2 rings (SSSR count). The lowest BCUT2D eigenvalue weighted by Crippen LogP contribution is -1.88. The Morgan fingerprint density at radius 3 is 2.71 bits per heavy atom. The maximum Gasteiger partial charge on any atom is 0.126 e. The smallest absolute Gasteiger partial charge is 0.126 e. The zero-order chi connectivity index (χ0) is 10.1. The van der Waals surface area contributed by atoms with Crippen molar-refractivity contribution in [2.45, 2.75) is 0 Å². The van der Waals surface area contributed by atoms with E-state index in [1.165, 1.54) is 0 Å². The maximum absolute atomic E-state index is 9.67. The van der Waals surface area contributed by atoms with Crippen molar-refractivity contribution in [3.05, 3.63) is 34.9 Å². The number of phenols is 1. The second-order valence-electron chi connectivity index (χ2n) is 3.04. The van der Waals surface area contributed by atoms with Gasteiger partial charge in [0.15, 0.2) is 0 Å². The molecule has 0 unspecified atom stereocenters. The van der Waals surface area contributed by atoms with E-state index in [1.807, 2.05) is 31.4 Å². The summed E-state index contributed by atoms with van der Waals surface area (Å²) in [7, 11) is 1.85. The molecule has 0 saturated carbocycles. The Morgan fingerprint density at radius 2 is 2.14 bits per heavy atom. The van der Waals surface area contributed by atoms with Crippen LogP contribution in [0.1, 0.15) is 0 Å². The van der Waals surface area contributed by atoms with Crippen LogP contribution >= 0.6 is 15.9 Å². The fourth-order valence-corrected chi connectivity index (χ4v) is 1.63. The molecule has 4 heteroatoms. The zero-order valence-electron chi connectivity index (χ0n) is 7.61. The van der Waals surface area contributed by atoms with E-state index in [0.717, 1.165) is 15.7 Å². The lowest BCUT2D eigenvalue weighted by atomic mass is 10.1. The minimum Gasteiger partial charge on any atom is -0.507 e. The van der Waals surface area contributed by atoms with Crippen LogP contribution < -0.4 is 0 Å². The number of aromatic nitrogens is 2. The lowest BCUT2D eigenvalue weighted by molar-refractivity contribution is 0.476. The van der Waals surface area contributed by atoms with Crippen molar-refractivity contribution in [1.29, 1.82) is 0 Å². The molecule has 0 amide bonds. The molecule has 1 N–H and O–H groups in total. The largest absolute Gasteiger partial charge is 0.507 e. The van der Waals surface area contributed by atoms with Gasteiger partial charge in [0.1, 0.15) is 5.75 Å². The van der Waals surface area contributed by atoms with Crippen molar-refractivity contribution in [1.82, 2.24) is 9.78 Å². The first kappa shape index (κ1) is 9.27. The Labute approximate surface area is 90.1 Å². The summed E-state index contributed by atoms with van der Waals surface area (Å²) in [5, 5.41) is 13.9. The summed E-state index contributed by atoms with van der Waals surface area (Å²) in [6.45, 7) is 0. The Morgan fingerprint density at radius 1 is 1.36 bits per heavy atom. The fourth-order valence-electron chi connectivity index (χ4n) is 1.28. The van der Waals surface area contributed by atoms with Crippen LogP contribution in [-0.2, 0) is 7.05 Å². The van der Waals surface area contributed by atoms with Gasteiger partial charge in [0.05, 0.1) is 5.69 Å². The second-order valence-corrected chi connectivity index (χ2v) is 3.95. The van der Waals surface area contributed by atoms with Gasteiger partial charge in [0, 0.05) is 23.3 Å². The molecule has 2 aromatic rings. The Hall–Kier alpha value is -1.29. The van der Waals surface area contributed by atoms with Crippen molar-refractivity contribution in [3.63, 3.8) is 0 Å². The van der Waals surface area contributed by atoms with E-state index in [4.69, 9.17) is 0 Å². The van der Waals surface area contributed by atoms with Crippen LogP contribution in [0.15, 0.2) is 34.9 Å². The van der Waals surface area contributed by atoms with Crippen LogP contribution in [0.25, 0.3) is 11.3 Å². The number of phenolic OH excluding ortho intramolecular Hbond substituents is 1. The number of halogens is 1. The predicted octanol–water partition coefficient (Wildman–Crippen LogP) is 2.56. The van der Waals surface area contributed by atoms with Crippen LogP contribution in [0, 0.1) is 0 Å². The molecule has 0 spiro atoms. The van der Waals surface area contributed by atoms with Gasteiger partial charge < -0.3 is 5.11 Å². The zero-order valence-corrected chi connectivity index (χ0v) is 9.19. The second kappa shape index (κ2) is 3.46. The van der Waals surface area contributed by atoms with E-state index < -0.39 is 0 Å². The summed E-state index contributed by atoms with van der Waals surface area (Å²) < 4.78 is 2.56. The maximum atomic E-state index is 9.67. The quantitative estimate of drug-likeness (QED) is 0.848. The number of aromatic hydroxyl groups is 1. The molecule has 0 atom stereocenters. The molecule has 0 aliphatic heterocycles. The van der Waals surface area contributed by atoms with E-state index in [2.05, 4.69) is 21.0 Å². The SMILES string of the molecule is Cn1ccc(-c2ccc(Br)cc2O)n1. The first-order chi connectivity index (χ1) is 6.66. The Kier molecular flexibility index (Phi) is 2.29. The van der Waals surface area contributed by atoms with E-state index in [0.29, 0.717) is 0 Å². The number of benzene rings is 1. The van der Waals surface area contributed by atoms with E-state index >= 15 is 0 Å². The molecule has 1 aromatic heterocycles. The van der Waals surface area contributed by atoms with Crippen molar-refractivity contribution < 1.29 is 5.11 Å². The van der Waals surface area contributed by atoms with Crippen molar-refractivity contribution >= 4 is 15.9 Å². The van der Waals surface area contributed by atoms with Gasteiger partial charge in [-0.25, -0.2) is 0 Å². The van der Waals surface area contributed by atoms with Gasteiger partial charge in [0.25, 0.3) is 0 Å². The topological polar surface area (TPSA) is 38.0 Å². The molecule has 0 aliphatic carbocycles. The number of rotatable bonds is 1. The lowest BCUT2D eigenvalue weighted by Gasteiger charge is -2.01. The molecule has 0 aliphatic rings. The van der Waals surface area contributed by atoms with Crippen molar-refractivity contribution in [3.8, 4) is 17.0 Å². The average molecular weight is 253 g/mol. The van der Waals surface area contributed by atoms with Crippen LogP contribution in [-0.4, -0.2) is 14.9 Å². The number of aryl methyl sites for hydroxylation is 1. The third-order valence-corrected chi connectivity index (χ3v) is 2.44. The molecule has 0 saturated heterocycles. The van der Waals surface area contributed by atoms with E-state index in [9.17, 15) is 5.11 Å². The van der Waals surface area contributed by atoms with Gasteiger partial charge in [-0.1, -0.05) is 15.9 Å². The Balaban J connectivity index is 2.52. The summed E-state index contributed by atoms with van der Waals surface area (Å²) in [6, 6.07) is 7.23. The number of nitrogens with zero attached hydrogens (tertiary/aromatic N) is 2. The minimum absolute atomic E-state index is 0.234. The molecule has 1 heterocycles. The molecule has 72 valence electrons. The summed E-state index contributed by atoms with van der Waals surface area (Å²) >= 11 is 3.29. The Bertz CT molecular complexity index is 465. The highest BCUT2D eigenvalue weighted by Gasteiger charge is 2.06. The normalized spacial score (nSPS) is 10.4. The molecule has 14 heavy (non-hydrogen) atoms. The van der Waals surface area contributed by atoms with Crippen LogP contribution in [0.2, 0.25) is 0 Å². The van der Waals surface area contributed by atoms with Gasteiger partial charge in [0.2, 0.25) is 0 Å². The summed E-state index contributed by atoms with van der Waals surface area (Å²) in [4.78, 5) is 0. The van der Waals surface area contributed by atoms with Crippen LogP contribution in [0.5, 0.6) is 5.75 Å². The van der Waals surface area contributed by atoms with Gasteiger partial charge in [-0.3, -0.25) is 4.68 Å². The van der Waals surface area contributed by atoms with Gasteiger partial charge in [-0.05, 0) is 24.3 Å². The highest BCUT2D eigenvalue weighted by molar-refractivity contribution is 9.10. The monoisotopic (exact) mass is 252 g/mol. The van der Waals surface area contributed by atoms with Gasteiger partial charge in [-0.2, -0.15) is 5.10 Å². The van der Waals surface area contributed by atoms with E-state index in [-0.39, 0.29) is 5.75 Å². The number of hydrogen-bond acceptors (Lipinski definition) is 2. The minimum atomic E-state index is 0.234. The summed E-state index contributed by atoms with van der Waals surface area (Å²) in [5.41, 5.74) is 1.52. The first-order valence-corrected chi connectivity index (χ1v) is 4.94. The molecule has 3 nitrogen and oxygen atoms in total. The van der Waals surface area contributed by atoms with Crippen LogP contribution in [0.4, 0.5) is 0 Å². The fraction of sp³-hybridized carbons (Fsp3) is 0.100. The molecule has 1 aromatic carbocycles. The summed E-state index contributed by atoms with van der Waals surface area (Å²) in [6.07, 6.45) is 1.84. The first-order valence-electron chi connectivity index (χ1n) is 4.15. The third kappa shape index (κ3) is 1.65. The van der Waals surface area contributed by atoms with Crippen LogP contribution in [0.3, 0.4) is 0 Å². The highest BCUT2D eigenvalue weighted by Crippen LogP contribution is 2.30. The summed E-state index contributed by atoms with van der Waals surface area (Å²) in [5.74, 6) is 0.234. The molecular formula is C10H9BrN2O. The van der Waals surface area contributed by atoms with Gasteiger partial charge >= 0.3 is 0 Å². The highest BCUT2D eigenvalue weighted by atomic mass is 79.9. The predicted molar refractivity (Wildman–Crippen MR) is 58.0 cm³/mol. The third-order valence-electron chi connectivity index (χ3n) is 1.95. The van der Waals surface area contributed by atoms with Crippen molar-refractivity contribution in [2.24, 2.45) is 7.05 Å². The van der Waals surface area contributed by atoms with Gasteiger partial charge in [-0.15, -0.1) is 0 Å². The molecule has 0 radical (unpaired) electrons. The molecular weight excluding hydrogens is 244 g/mol. The van der Waals surface area contributed by atoms with Crippen molar-refractivity contribution in [2.75, 3.05) is 0 Å². The average Bonchev–Trinajstić information content (AvgIpc) is 2.51. The molecule has 0 fully saturated rings. The molecule has 0 bridgehead atoms. The van der Waals surface area contributed by atoms with E-state index in [1.54, 1.807) is 10.7 Å². The number of hydrogen-bond donors (Lipinski definition) is 1.